The number of nitrogens with two attached hydrogens (primary N) is 1. The van der Waals surface area contributed by atoms with Crippen LogP contribution in [0.4, 0.5) is 0 Å². The van der Waals surface area contributed by atoms with Gasteiger partial charge in [0.25, 0.3) is 0 Å². The minimum absolute atomic E-state index is 0.0848. The Morgan fingerprint density at radius 3 is 2.70 bits per heavy atom. The Bertz CT molecular complexity index is 484. The van der Waals surface area contributed by atoms with Gasteiger partial charge in [-0.25, -0.2) is 0 Å². The maximum Gasteiger partial charge on any atom is 0.170 e. The van der Waals surface area contributed by atoms with Gasteiger partial charge in [-0.05, 0) is 31.0 Å². The van der Waals surface area contributed by atoms with Crippen LogP contribution in [-0.4, -0.2) is 28.5 Å². The molecule has 1 aliphatic rings. The minimum atomic E-state index is 0.0848. The van der Waals surface area contributed by atoms with Gasteiger partial charge in [0.1, 0.15) is 0 Å². The van der Waals surface area contributed by atoms with Crippen molar-refractivity contribution in [1.29, 1.82) is 0 Å². The van der Waals surface area contributed by atoms with E-state index in [1.165, 1.54) is 25.7 Å². The van der Waals surface area contributed by atoms with E-state index in [1.54, 1.807) is 6.07 Å². The van der Waals surface area contributed by atoms with Crippen molar-refractivity contribution < 1.29 is 5.21 Å². The van der Waals surface area contributed by atoms with Crippen molar-refractivity contribution in [3.63, 3.8) is 0 Å². The first-order valence-electron chi connectivity index (χ1n) is 7.16. The van der Waals surface area contributed by atoms with Gasteiger partial charge in [0.15, 0.2) is 5.84 Å². The summed E-state index contributed by atoms with van der Waals surface area (Å²) in [7, 11) is 0. The lowest BCUT2D eigenvalue weighted by atomic mass is 10.1. The lowest BCUT2D eigenvalue weighted by molar-refractivity contribution is 0.200. The molecule has 1 fully saturated rings. The summed E-state index contributed by atoms with van der Waals surface area (Å²) in [6, 6.07) is 6.25. The molecule has 4 nitrogen and oxygen atoms in total. The Morgan fingerprint density at radius 2 is 2.15 bits per heavy atom. The number of amidine groups is 1. The number of nitrogens with zero attached hydrogens (tertiary/aromatic N) is 2. The summed E-state index contributed by atoms with van der Waals surface area (Å²) in [4.78, 5) is 2.48. The van der Waals surface area contributed by atoms with Crippen LogP contribution in [0.1, 0.15) is 43.7 Å². The first-order chi connectivity index (χ1) is 9.65. The van der Waals surface area contributed by atoms with Gasteiger partial charge in [0.2, 0.25) is 0 Å². The van der Waals surface area contributed by atoms with Crippen LogP contribution in [0.2, 0.25) is 5.02 Å². The minimum Gasteiger partial charge on any atom is -0.409 e. The fourth-order valence-corrected chi connectivity index (χ4v) is 3.12. The number of hydrogen-bond donors (Lipinski definition) is 2. The van der Waals surface area contributed by atoms with Crippen LogP contribution in [0, 0.1) is 0 Å². The summed E-state index contributed by atoms with van der Waals surface area (Å²) in [5.74, 6) is 0.0848. The fraction of sp³-hybridized carbons (Fsp3) is 0.533. The molecule has 0 amide bonds. The molecular weight excluding hydrogens is 274 g/mol. The molecule has 0 saturated heterocycles. The second-order valence-electron chi connectivity index (χ2n) is 5.29. The van der Waals surface area contributed by atoms with Crippen molar-refractivity contribution >= 4 is 17.4 Å². The van der Waals surface area contributed by atoms with Crippen molar-refractivity contribution in [3.8, 4) is 0 Å². The molecular formula is C15H22ClN3O. The Labute approximate surface area is 125 Å². The second kappa shape index (κ2) is 6.95. The summed E-state index contributed by atoms with van der Waals surface area (Å²) in [6.45, 7) is 4.08. The van der Waals surface area contributed by atoms with E-state index in [2.05, 4.69) is 17.0 Å². The van der Waals surface area contributed by atoms with Crippen LogP contribution in [-0.2, 0) is 6.54 Å². The Balaban J connectivity index is 2.12. The fourth-order valence-electron chi connectivity index (χ4n) is 2.88. The molecule has 1 aromatic rings. The van der Waals surface area contributed by atoms with Crippen LogP contribution in [0.5, 0.6) is 0 Å². The van der Waals surface area contributed by atoms with Gasteiger partial charge in [-0.3, -0.25) is 4.90 Å². The third-order valence-electron chi connectivity index (χ3n) is 4.08. The van der Waals surface area contributed by atoms with Crippen molar-refractivity contribution in [1.82, 2.24) is 4.90 Å². The SMILES string of the molecule is CCN(Cc1ccc(/C(N)=N/O)cc1Cl)C1CCCC1. The number of halogens is 1. The molecule has 0 spiro atoms. The van der Waals surface area contributed by atoms with E-state index in [4.69, 9.17) is 22.5 Å². The second-order valence-corrected chi connectivity index (χ2v) is 5.70. The van der Waals surface area contributed by atoms with E-state index >= 15 is 0 Å². The Hall–Kier alpha value is -1.26. The average Bonchev–Trinajstić information content (AvgIpc) is 2.99. The normalized spacial score (nSPS) is 17.1. The van der Waals surface area contributed by atoms with E-state index in [9.17, 15) is 0 Å². The molecule has 0 aromatic heterocycles. The van der Waals surface area contributed by atoms with Crippen LogP contribution in [0.25, 0.3) is 0 Å². The zero-order valence-electron chi connectivity index (χ0n) is 11.8. The smallest absolute Gasteiger partial charge is 0.170 e. The molecule has 2 rings (SSSR count). The molecule has 3 N–H and O–H groups in total. The number of benzene rings is 1. The van der Waals surface area contributed by atoms with Gasteiger partial charge < -0.3 is 10.9 Å². The molecule has 0 radical (unpaired) electrons. The highest BCUT2D eigenvalue weighted by molar-refractivity contribution is 6.31. The predicted molar refractivity (Wildman–Crippen MR) is 82.3 cm³/mol. The van der Waals surface area contributed by atoms with Crippen LogP contribution < -0.4 is 5.73 Å². The maximum absolute atomic E-state index is 8.69. The molecule has 0 unspecified atom stereocenters. The molecule has 0 atom stereocenters. The van der Waals surface area contributed by atoms with E-state index in [-0.39, 0.29) is 5.84 Å². The predicted octanol–water partition coefficient (Wildman–Crippen LogP) is 3.20. The van der Waals surface area contributed by atoms with Crippen LogP contribution in [0.15, 0.2) is 23.4 Å². The van der Waals surface area contributed by atoms with E-state index in [0.717, 1.165) is 18.7 Å². The van der Waals surface area contributed by atoms with Crippen LogP contribution in [0.3, 0.4) is 0 Å². The summed E-state index contributed by atoms with van der Waals surface area (Å²) >= 11 is 6.32. The maximum atomic E-state index is 8.69. The van der Waals surface area contributed by atoms with Gasteiger partial charge in [-0.2, -0.15) is 0 Å². The van der Waals surface area contributed by atoms with E-state index in [0.29, 0.717) is 16.6 Å². The quantitative estimate of drug-likeness (QED) is 0.379. The van der Waals surface area contributed by atoms with E-state index in [1.807, 2.05) is 12.1 Å². The number of oxime groups is 1. The number of hydrogen-bond acceptors (Lipinski definition) is 3. The highest BCUT2D eigenvalue weighted by atomic mass is 35.5. The zero-order valence-corrected chi connectivity index (χ0v) is 12.6. The lowest BCUT2D eigenvalue weighted by Gasteiger charge is -2.27. The summed E-state index contributed by atoms with van der Waals surface area (Å²) < 4.78 is 0. The molecule has 0 bridgehead atoms. The highest BCUT2D eigenvalue weighted by Gasteiger charge is 2.22. The van der Waals surface area contributed by atoms with Crippen molar-refractivity contribution in [2.24, 2.45) is 10.9 Å². The standard InChI is InChI=1S/C15H22ClN3O/c1-2-19(13-5-3-4-6-13)10-12-8-7-11(9-14(12)16)15(17)18-20/h7-9,13,20H,2-6,10H2,1H3,(H2,17,18). The van der Waals surface area contributed by atoms with Gasteiger partial charge in [-0.15, -0.1) is 0 Å². The molecule has 5 heteroatoms. The highest BCUT2D eigenvalue weighted by Crippen LogP contribution is 2.27. The molecule has 20 heavy (non-hydrogen) atoms. The van der Waals surface area contributed by atoms with Gasteiger partial charge in [0.05, 0.1) is 0 Å². The van der Waals surface area contributed by atoms with Gasteiger partial charge in [0, 0.05) is 23.2 Å². The largest absolute Gasteiger partial charge is 0.409 e. The van der Waals surface area contributed by atoms with Crippen molar-refractivity contribution in [2.45, 2.75) is 45.2 Å². The first kappa shape index (κ1) is 15.1. The summed E-state index contributed by atoms with van der Waals surface area (Å²) in [6.07, 6.45) is 5.23. The topological polar surface area (TPSA) is 61.8 Å². The summed E-state index contributed by atoms with van der Waals surface area (Å²) in [5, 5.41) is 12.4. The Kier molecular flexibility index (Phi) is 5.26. The molecule has 1 aromatic carbocycles. The van der Waals surface area contributed by atoms with Gasteiger partial charge in [-0.1, -0.05) is 48.7 Å². The first-order valence-corrected chi connectivity index (χ1v) is 7.54. The molecule has 0 aliphatic heterocycles. The third-order valence-corrected chi connectivity index (χ3v) is 4.43. The zero-order chi connectivity index (χ0) is 14.5. The van der Waals surface area contributed by atoms with Crippen molar-refractivity contribution in [2.75, 3.05) is 6.54 Å². The van der Waals surface area contributed by atoms with Gasteiger partial charge >= 0.3 is 0 Å². The average molecular weight is 296 g/mol. The van der Waals surface area contributed by atoms with E-state index < -0.39 is 0 Å². The lowest BCUT2D eigenvalue weighted by Crippen LogP contribution is -2.32. The Morgan fingerprint density at radius 1 is 1.45 bits per heavy atom. The third kappa shape index (κ3) is 3.44. The van der Waals surface area contributed by atoms with Crippen molar-refractivity contribution in [3.05, 3.63) is 34.3 Å². The monoisotopic (exact) mass is 295 g/mol. The number of rotatable bonds is 5. The summed E-state index contributed by atoms with van der Waals surface area (Å²) in [5.41, 5.74) is 7.31. The molecule has 1 aliphatic carbocycles. The molecule has 0 heterocycles. The molecule has 110 valence electrons. The molecule has 1 saturated carbocycles. The van der Waals surface area contributed by atoms with Crippen LogP contribution >= 0.6 is 11.6 Å².